The molecule has 2 aromatic rings. The maximum Gasteiger partial charge on any atom is 0.177 e. The van der Waals surface area contributed by atoms with Gasteiger partial charge in [0.05, 0.1) is 11.6 Å². The van der Waals surface area contributed by atoms with Crippen LogP contribution < -0.4 is 11.5 Å². The van der Waals surface area contributed by atoms with Gasteiger partial charge in [0.2, 0.25) is 0 Å². The topological polar surface area (TPSA) is 93.6 Å². The Morgan fingerprint density at radius 3 is 3.07 bits per heavy atom. The van der Waals surface area contributed by atoms with Crippen LogP contribution in [0.25, 0.3) is 11.2 Å². The van der Waals surface area contributed by atoms with Crippen LogP contribution >= 0.6 is 0 Å². The molecule has 0 amide bonds. The van der Waals surface area contributed by atoms with Gasteiger partial charge in [-0.25, -0.2) is 9.97 Å². The highest BCUT2D eigenvalue weighted by Crippen LogP contribution is 2.13. The van der Waals surface area contributed by atoms with Gasteiger partial charge in [-0.1, -0.05) is 0 Å². The number of nitrogens with zero attached hydrogens (tertiary/aromatic N) is 2. The third kappa shape index (κ3) is 1.59. The zero-order valence-corrected chi connectivity index (χ0v) is 7.77. The number of imidazole rings is 1. The summed E-state index contributed by atoms with van der Waals surface area (Å²) in [6, 6.07) is 3.65. The summed E-state index contributed by atoms with van der Waals surface area (Å²) in [4.78, 5) is 11.5. The van der Waals surface area contributed by atoms with Crippen molar-refractivity contribution in [1.82, 2.24) is 15.0 Å². The largest absolute Gasteiger partial charge is 0.339 e. The second-order valence-electron chi connectivity index (χ2n) is 3.18. The number of hydrogen-bond donors (Lipinski definition) is 3. The maximum absolute atomic E-state index is 5.87. The first-order valence-corrected chi connectivity index (χ1v) is 4.57. The van der Waals surface area contributed by atoms with Gasteiger partial charge in [0.25, 0.3) is 0 Å². The normalized spacial score (nSPS) is 13.3. The van der Waals surface area contributed by atoms with Crippen molar-refractivity contribution < 1.29 is 0 Å². The van der Waals surface area contributed by atoms with E-state index in [0.29, 0.717) is 12.2 Å². The predicted molar refractivity (Wildman–Crippen MR) is 54.5 cm³/mol. The number of pyridine rings is 1. The minimum Gasteiger partial charge on any atom is -0.339 e. The summed E-state index contributed by atoms with van der Waals surface area (Å²) in [5.41, 5.74) is 12.9. The molecular formula is C9H13N5. The molecule has 0 aliphatic carbocycles. The standard InChI is InChI=1S/C9H13N5/c10-4-3-6(11)8-13-7-2-1-5-12-9(7)14-8/h1-2,5-6H,3-4,10-11H2,(H,12,13,14). The van der Waals surface area contributed by atoms with Crippen LogP contribution in [-0.4, -0.2) is 21.5 Å². The average molecular weight is 191 g/mol. The molecule has 2 heterocycles. The van der Waals surface area contributed by atoms with Gasteiger partial charge in [0.15, 0.2) is 5.65 Å². The van der Waals surface area contributed by atoms with E-state index in [1.165, 1.54) is 0 Å². The first kappa shape index (κ1) is 9.11. The van der Waals surface area contributed by atoms with Crippen LogP contribution in [0.3, 0.4) is 0 Å². The van der Waals surface area contributed by atoms with Gasteiger partial charge in [-0.2, -0.15) is 0 Å². The number of aromatic amines is 1. The van der Waals surface area contributed by atoms with Crippen molar-refractivity contribution in [1.29, 1.82) is 0 Å². The van der Waals surface area contributed by atoms with Gasteiger partial charge in [0.1, 0.15) is 5.82 Å². The van der Waals surface area contributed by atoms with Crippen molar-refractivity contribution in [3.8, 4) is 0 Å². The van der Waals surface area contributed by atoms with E-state index in [9.17, 15) is 0 Å². The Balaban J connectivity index is 2.35. The summed E-state index contributed by atoms with van der Waals surface area (Å²) in [7, 11) is 0. The van der Waals surface area contributed by atoms with E-state index >= 15 is 0 Å². The highest BCUT2D eigenvalue weighted by Gasteiger charge is 2.10. The molecule has 0 saturated heterocycles. The summed E-state index contributed by atoms with van der Waals surface area (Å²) in [6.07, 6.45) is 2.43. The number of rotatable bonds is 3. The maximum atomic E-state index is 5.87. The molecule has 0 saturated carbocycles. The first-order valence-electron chi connectivity index (χ1n) is 4.57. The van der Waals surface area contributed by atoms with Crippen molar-refractivity contribution in [2.45, 2.75) is 12.5 Å². The van der Waals surface area contributed by atoms with Crippen molar-refractivity contribution in [3.63, 3.8) is 0 Å². The van der Waals surface area contributed by atoms with E-state index in [-0.39, 0.29) is 6.04 Å². The smallest absolute Gasteiger partial charge is 0.177 e. The van der Waals surface area contributed by atoms with Gasteiger partial charge in [-0.3, -0.25) is 0 Å². The fourth-order valence-corrected chi connectivity index (χ4v) is 1.36. The van der Waals surface area contributed by atoms with E-state index in [1.807, 2.05) is 12.1 Å². The molecule has 0 aromatic carbocycles. The van der Waals surface area contributed by atoms with Crippen LogP contribution in [0, 0.1) is 0 Å². The molecule has 14 heavy (non-hydrogen) atoms. The monoisotopic (exact) mass is 191 g/mol. The summed E-state index contributed by atoms with van der Waals surface area (Å²) in [5.74, 6) is 0.754. The molecule has 2 aromatic heterocycles. The van der Waals surface area contributed by atoms with Crippen molar-refractivity contribution in [2.24, 2.45) is 11.5 Å². The van der Waals surface area contributed by atoms with E-state index < -0.39 is 0 Å². The van der Waals surface area contributed by atoms with Crippen LogP contribution in [0.1, 0.15) is 18.3 Å². The molecule has 0 fully saturated rings. The molecule has 0 aliphatic rings. The zero-order chi connectivity index (χ0) is 9.97. The Labute approximate surface area is 81.5 Å². The van der Waals surface area contributed by atoms with Crippen LogP contribution in [0.5, 0.6) is 0 Å². The highest BCUT2D eigenvalue weighted by atomic mass is 15.0. The Bertz CT molecular complexity index is 389. The predicted octanol–water partition coefficient (Wildman–Crippen LogP) is 0.306. The molecule has 5 heteroatoms. The Morgan fingerprint density at radius 2 is 2.36 bits per heavy atom. The minimum atomic E-state index is -0.130. The van der Waals surface area contributed by atoms with Gasteiger partial charge < -0.3 is 16.5 Å². The van der Waals surface area contributed by atoms with Gasteiger partial charge in [-0.15, -0.1) is 0 Å². The first-order chi connectivity index (χ1) is 6.81. The third-order valence-electron chi connectivity index (χ3n) is 2.10. The molecule has 1 unspecified atom stereocenters. The molecule has 0 aliphatic heterocycles. The molecule has 0 bridgehead atoms. The molecule has 5 N–H and O–H groups in total. The lowest BCUT2D eigenvalue weighted by molar-refractivity contribution is 0.630. The summed E-state index contributed by atoms with van der Waals surface area (Å²) in [5, 5.41) is 0. The number of aromatic nitrogens is 3. The van der Waals surface area contributed by atoms with Gasteiger partial charge in [0, 0.05) is 6.20 Å². The lowest BCUT2D eigenvalue weighted by Crippen LogP contribution is -2.16. The van der Waals surface area contributed by atoms with Crippen LogP contribution in [0.2, 0.25) is 0 Å². The second kappa shape index (κ2) is 3.73. The molecule has 0 spiro atoms. The lowest BCUT2D eigenvalue weighted by atomic mass is 10.2. The molecule has 5 nitrogen and oxygen atoms in total. The minimum absolute atomic E-state index is 0.130. The average Bonchev–Trinajstić information content (AvgIpc) is 2.61. The van der Waals surface area contributed by atoms with E-state index in [0.717, 1.165) is 17.8 Å². The SMILES string of the molecule is NCCC(N)c1nc2ncccc2[nH]1. The Morgan fingerprint density at radius 1 is 1.50 bits per heavy atom. The fourth-order valence-electron chi connectivity index (χ4n) is 1.36. The van der Waals surface area contributed by atoms with Crippen molar-refractivity contribution >= 4 is 11.2 Å². The van der Waals surface area contributed by atoms with Gasteiger partial charge >= 0.3 is 0 Å². The fraction of sp³-hybridized carbons (Fsp3) is 0.333. The number of hydrogen-bond acceptors (Lipinski definition) is 4. The van der Waals surface area contributed by atoms with Crippen LogP contribution in [0.15, 0.2) is 18.3 Å². The quantitative estimate of drug-likeness (QED) is 0.650. The molecule has 0 radical (unpaired) electrons. The van der Waals surface area contributed by atoms with E-state index in [2.05, 4.69) is 15.0 Å². The van der Waals surface area contributed by atoms with Crippen molar-refractivity contribution in [2.75, 3.05) is 6.54 Å². The lowest BCUT2D eigenvalue weighted by Gasteiger charge is -2.04. The highest BCUT2D eigenvalue weighted by molar-refractivity contribution is 5.69. The molecule has 74 valence electrons. The molecule has 1 atom stereocenters. The van der Waals surface area contributed by atoms with Crippen LogP contribution in [0.4, 0.5) is 0 Å². The number of H-pyrrole nitrogens is 1. The molecule has 2 rings (SSSR count). The third-order valence-corrected chi connectivity index (χ3v) is 2.10. The van der Waals surface area contributed by atoms with Gasteiger partial charge in [-0.05, 0) is 25.1 Å². The van der Waals surface area contributed by atoms with E-state index in [4.69, 9.17) is 11.5 Å². The van der Waals surface area contributed by atoms with E-state index in [1.54, 1.807) is 6.20 Å². The second-order valence-corrected chi connectivity index (χ2v) is 3.18. The Kier molecular flexibility index (Phi) is 2.43. The summed E-state index contributed by atoms with van der Waals surface area (Å²) >= 11 is 0. The molecular weight excluding hydrogens is 178 g/mol. The zero-order valence-electron chi connectivity index (χ0n) is 7.77. The van der Waals surface area contributed by atoms with Crippen molar-refractivity contribution in [3.05, 3.63) is 24.2 Å². The Hall–Kier alpha value is -1.46. The number of fused-ring (bicyclic) bond motifs is 1. The number of nitrogens with two attached hydrogens (primary N) is 2. The number of nitrogens with one attached hydrogen (secondary N) is 1. The summed E-state index contributed by atoms with van der Waals surface area (Å²) < 4.78 is 0. The van der Waals surface area contributed by atoms with Crippen LogP contribution in [-0.2, 0) is 0 Å². The summed E-state index contributed by atoms with van der Waals surface area (Å²) in [6.45, 7) is 0.561.